The number of nitrogens with zero attached hydrogens (tertiary/aromatic N) is 3. The number of benzene rings is 2. The Bertz CT molecular complexity index is 1390. The predicted octanol–water partition coefficient (Wildman–Crippen LogP) is 5.98. The first-order valence-electron chi connectivity index (χ1n) is 12.4. The van der Waals surface area contributed by atoms with E-state index in [9.17, 15) is 14.0 Å². The molecule has 37 heavy (non-hydrogen) atoms. The van der Waals surface area contributed by atoms with E-state index in [1.165, 1.54) is 12.1 Å². The molecule has 0 saturated carbocycles. The number of carboxylic acids is 1. The number of carbonyl (C=O) groups is 2. The van der Waals surface area contributed by atoms with Crippen molar-refractivity contribution in [3.8, 4) is 0 Å². The van der Waals surface area contributed by atoms with Crippen LogP contribution in [0.15, 0.2) is 72.8 Å². The number of aromatic nitrogens is 2. The lowest BCUT2D eigenvalue weighted by Crippen LogP contribution is -2.26. The molecule has 7 heteroatoms. The van der Waals surface area contributed by atoms with Gasteiger partial charge in [0.2, 0.25) is 0 Å². The van der Waals surface area contributed by atoms with Crippen LogP contribution in [0.3, 0.4) is 0 Å². The molecule has 190 valence electrons. The number of halogens is 1. The average Bonchev–Trinajstić information content (AvgIpc) is 3.16. The van der Waals surface area contributed by atoms with Gasteiger partial charge in [-0.1, -0.05) is 49.4 Å². The summed E-state index contributed by atoms with van der Waals surface area (Å²) in [4.78, 5) is 35.7. The Hall–Kier alpha value is -4.13. The molecule has 1 heterocycles. The SMILES string of the molecule is CC(CCc1nc2cc(C(=O)N(C)Cc3ccc(F)cc3)ccc2nc1C1=CC=CC=CC1)CC(=O)O. The van der Waals surface area contributed by atoms with Crippen LogP contribution in [0, 0.1) is 11.7 Å². The Labute approximate surface area is 215 Å². The van der Waals surface area contributed by atoms with Crippen LogP contribution in [0.4, 0.5) is 4.39 Å². The zero-order valence-corrected chi connectivity index (χ0v) is 21.0. The zero-order chi connectivity index (χ0) is 26.4. The fourth-order valence-electron chi connectivity index (χ4n) is 4.35. The van der Waals surface area contributed by atoms with Crippen molar-refractivity contribution in [2.45, 2.75) is 39.2 Å². The molecule has 1 atom stereocenters. The van der Waals surface area contributed by atoms with Crippen molar-refractivity contribution >= 4 is 28.5 Å². The lowest BCUT2D eigenvalue weighted by atomic mass is 9.97. The molecule has 1 unspecified atom stereocenters. The van der Waals surface area contributed by atoms with Crippen LogP contribution in [0.2, 0.25) is 0 Å². The average molecular weight is 500 g/mol. The second-order valence-corrected chi connectivity index (χ2v) is 9.46. The van der Waals surface area contributed by atoms with Crippen molar-refractivity contribution in [2.24, 2.45) is 5.92 Å². The van der Waals surface area contributed by atoms with Gasteiger partial charge >= 0.3 is 5.97 Å². The summed E-state index contributed by atoms with van der Waals surface area (Å²) in [7, 11) is 1.71. The number of allylic oxidation sites excluding steroid dienone is 6. The van der Waals surface area contributed by atoms with Gasteiger partial charge in [0.05, 0.1) is 22.4 Å². The molecule has 0 fully saturated rings. The molecule has 6 nitrogen and oxygen atoms in total. The highest BCUT2D eigenvalue weighted by Crippen LogP contribution is 2.27. The molecule has 1 aliphatic rings. The molecule has 1 aliphatic carbocycles. The zero-order valence-electron chi connectivity index (χ0n) is 21.0. The maximum Gasteiger partial charge on any atom is 0.303 e. The van der Waals surface area contributed by atoms with E-state index in [2.05, 4.69) is 6.08 Å². The van der Waals surface area contributed by atoms with Crippen molar-refractivity contribution < 1.29 is 19.1 Å². The topological polar surface area (TPSA) is 83.4 Å². The standard InChI is InChI=1S/C30H30FN3O3/c1-20(17-28(35)36)9-15-26-29(22-7-5-3-4-6-8-22)33-25-16-12-23(18-27(25)32-26)30(37)34(2)19-21-10-13-24(31)14-11-21/h3-7,10-14,16,18,20H,8-9,15,17,19H2,1-2H3,(H,35,36). The minimum Gasteiger partial charge on any atom is -0.481 e. The van der Waals surface area contributed by atoms with Crippen LogP contribution in [0.25, 0.3) is 16.6 Å². The molecular weight excluding hydrogens is 469 g/mol. The minimum absolute atomic E-state index is 0.00113. The highest BCUT2D eigenvalue weighted by Gasteiger charge is 2.18. The van der Waals surface area contributed by atoms with E-state index >= 15 is 0 Å². The van der Waals surface area contributed by atoms with Gasteiger partial charge in [-0.25, -0.2) is 14.4 Å². The molecule has 0 radical (unpaired) electrons. The number of carbonyl (C=O) groups excluding carboxylic acids is 1. The maximum absolute atomic E-state index is 13.2. The van der Waals surface area contributed by atoms with E-state index in [1.54, 1.807) is 36.2 Å². The summed E-state index contributed by atoms with van der Waals surface area (Å²) < 4.78 is 13.2. The number of rotatable bonds is 9. The fraction of sp³-hybridized carbons (Fsp3) is 0.267. The number of carboxylic acid groups (broad SMARTS) is 1. The Morgan fingerprint density at radius 2 is 1.84 bits per heavy atom. The smallest absolute Gasteiger partial charge is 0.303 e. The molecule has 4 rings (SSSR count). The molecule has 3 aromatic rings. The van der Waals surface area contributed by atoms with E-state index < -0.39 is 5.97 Å². The molecule has 1 amide bonds. The number of amides is 1. The number of aryl methyl sites for hydroxylation is 1. The summed E-state index contributed by atoms with van der Waals surface area (Å²) in [6.07, 6.45) is 12.1. The Morgan fingerprint density at radius 1 is 1.05 bits per heavy atom. The Morgan fingerprint density at radius 3 is 2.59 bits per heavy atom. The number of hydrogen-bond acceptors (Lipinski definition) is 4. The Kier molecular flexibility index (Phi) is 8.23. The van der Waals surface area contributed by atoms with Crippen molar-refractivity contribution in [2.75, 3.05) is 7.05 Å². The predicted molar refractivity (Wildman–Crippen MR) is 142 cm³/mol. The highest BCUT2D eigenvalue weighted by atomic mass is 19.1. The van der Waals surface area contributed by atoms with E-state index in [0.717, 1.165) is 28.9 Å². The van der Waals surface area contributed by atoms with Gasteiger partial charge in [0.1, 0.15) is 5.82 Å². The molecule has 0 spiro atoms. The van der Waals surface area contributed by atoms with E-state index in [0.29, 0.717) is 36.0 Å². The van der Waals surface area contributed by atoms with Gasteiger partial charge in [-0.3, -0.25) is 9.59 Å². The molecule has 0 saturated heterocycles. The third-order valence-corrected chi connectivity index (χ3v) is 6.36. The van der Waals surface area contributed by atoms with Crippen LogP contribution in [0.5, 0.6) is 0 Å². The summed E-state index contributed by atoms with van der Waals surface area (Å²) in [5.41, 5.74) is 5.27. The van der Waals surface area contributed by atoms with E-state index in [1.807, 2.05) is 37.3 Å². The maximum atomic E-state index is 13.2. The third kappa shape index (κ3) is 6.76. The summed E-state index contributed by atoms with van der Waals surface area (Å²) in [6.45, 7) is 2.27. The Balaban J connectivity index is 1.64. The summed E-state index contributed by atoms with van der Waals surface area (Å²) in [5.74, 6) is -1.30. The first-order valence-corrected chi connectivity index (χ1v) is 12.4. The fourth-order valence-corrected chi connectivity index (χ4v) is 4.35. The number of fused-ring (bicyclic) bond motifs is 1. The second kappa shape index (κ2) is 11.7. The lowest BCUT2D eigenvalue weighted by Gasteiger charge is -2.18. The molecular formula is C30H30FN3O3. The van der Waals surface area contributed by atoms with Gasteiger partial charge in [0, 0.05) is 25.6 Å². The van der Waals surface area contributed by atoms with Crippen molar-refractivity contribution in [1.29, 1.82) is 0 Å². The number of hydrogen-bond donors (Lipinski definition) is 1. The van der Waals surface area contributed by atoms with E-state index in [4.69, 9.17) is 15.1 Å². The molecule has 1 aromatic heterocycles. The first-order chi connectivity index (χ1) is 17.8. The summed E-state index contributed by atoms with van der Waals surface area (Å²) in [6, 6.07) is 11.4. The van der Waals surface area contributed by atoms with Crippen molar-refractivity contribution in [3.63, 3.8) is 0 Å². The van der Waals surface area contributed by atoms with Crippen molar-refractivity contribution in [1.82, 2.24) is 14.9 Å². The minimum atomic E-state index is -0.813. The summed E-state index contributed by atoms with van der Waals surface area (Å²) >= 11 is 0. The lowest BCUT2D eigenvalue weighted by molar-refractivity contribution is -0.138. The van der Waals surface area contributed by atoms with Crippen LogP contribution >= 0.6 is 0 Å². The summed E-state index contributed by atoms with van der Waals surface area (Å²) in [5, 5.41) is 9.14. The van der Waals surface area contributed by atoms with Gasteiger partial charge in [-0.15, -0.1) is 0 Å². The molecule has 1 N–H and O–H groups in total. The van der Waals surface area contributed by atoms with Gasteiger partial charge in [0.25, 0.3) is 5.91 Å². The van der Waals surface area contributed by atoms with Gasteiger partial charge in [0.15, 0.2) is 0 Å². The highest BCUT2D eigenvalue weighted by molar-refractivity contribution is 5.97. The van der Waals surface area contributed by atoms with Crippen LogP contribution in [0.1, 0.15) is 53.5 Å². The van der Waals surface area contributed by atoms with Gasteiger partial charge in [-0.2, -0.15) is 0 Å². The molecule has 0 bridgehead atoms. The van der Waals surface area contributed by atoms with Crippen LogP contribution < -0.4 is 0 Å². The van der Waals surface area contributed by atoms with Gasteiger partial charge in [-0.05, 0) is 66.6 Å². The largest absolute Gasteiger partial charge is 0.481 e. The number of aliphatic carboxylic acids is 1. The molecule has 0 aliphatic heterocycles. The second-order valence-electron chi connectivity index (χ2n) is 9.46. The van der Waals surface area contributed by atoms with Crippen molar-refractivity contribution in [3.05, 3.63) is 101 Å². The van der Waals surface area contributed by atoms with Crippen LogP contribution in [-0.4, -0.2) is 38.9 Å². The first kappa shape index (κ1) is 25.9. The van der Waals surface area contributed by atoms with E-state index in [-0.39, 0.29) is 24.1 Å². The normalized spacial score (nSPS) is 13.8. The molecule has 2 aromatic carbocycles. The monoisotopic (exact) mass is 499 g/mol. The third-order valence-electron chi connectivity index (χ3n) is 6.36. The van der Waals surface area contributed by atoms with Gasteiger partial charge < -0.3 is 10.0 Å². The quantitative estimate of drug-likeness (QED) is 0.391. The van der Waals surface area contributed by atoms with Crippen LogP contribution in [-0.2, 0) is 17.8 Å².